The molecule has 0 aromatic heterocycles. The van der Waals surface area contributed by atoms with E-state index in [4.69, 9.17) is 0 Å². The van der Waals surface area contributed by atoms with E-state index in [9.17, 15) is 0 Å². The van der Waals surface area contributed by atoms with Crippen LogP contribution in [0.15, 0.2) is 84.9 Å². The summed E-state index contributed by atoms with van der Waals surface area (Å²) in [6, 6.07) is 31.4. The lowest BCUT2D eigenvalue weighted by atomic mass is 10.0. The predicted molar refractivity (Wildman–Crippen MR) is 98.4 cm³/mol. The summed E-state index contributed by atoms with van der Waals surface area (Å²) in [5.74, 6) is 0.630. The molecule has 108 valence electrons. The van der Waals surface area contributed by atoms with Gasteiger partial charge in [0.2, 0.25) is 0 Å². The van der Waals surface area contributed by atoms with Crippen molar-refractivity contribution in [2.75, 3.05) is 6.16 Å². The molecule has 3 aromatic carbocycles. The number of hydrogen-bond acceptors (Lipinski definition) is 0. The molecule has 1 atom stereocenters. The van der Waals surface area contributed by atoms with Crippen molar-refractivity contribution in [3.05, 3.63) is 90.5 Å². The van der Waals surface area contributed by atoms with Crippen molar-refractivity contribution in [2.45, 2.75) is 12.8 Å². The molecule has 0 radical (unpaired) electrons. The minimum Gasteiger partial charge on any atom is -0.0620 e. The van der Waals surface area contributed by atoms with Crippen molar-refractivity contribution in [1.82, 2.24) is 0 Å². The van der Waals surface area contributed by atoms with Crippen molar-refractivity contribution in [3.8, 4) is 0 Å². The molecule has 4 rings (SSSR count). The van der Waals surface area contributed by atoms with E-state index in [1.54, 1.807) is 10.9 Å². The van der Waals surface area contributed by atoms with Crippen LogP contribution in [0.4, 0.5) is 0 Å². The second kappa shape index (κ2) is 5.38. The van der Waals surface area contributed by atoms with Gasteiger partial charge < -0.3 is 0 Å². The fourth-order valence-corrected chi connectivity index (χ4v) is 8.79. The molecule has 1 aliphatic rings. The van der Waals surface area contributed by atoms with Crippen molar-refractivity contribution < 1.29 is 0 Å². The Morgan fingerprint density at radius 2 is 1.18 bits per heavy atom. The second-order valence-corrected chi connectivity index (χ2v) is 9.62. The van der Waals surface area contributed by atoms with Crippen LogP contribution >= 0.6 is 7.26 Å². The van der Waals surface area contributed by atoms with Gasteiger partial charge in [0, 0.05) is 11.5 Å². The standard InChI is InChI=1S/C21H20P/c1-17-16-22(18-10-4-2-5-11-18,19-12-6-3-7-13-19)21-15-9-8-14-20(17)21/h2-15,17H,16H2,1H3/q+1. The van der Waals surface area contributed by atoms with Gasteiger partial charge in [0.1, 0.15) is 23.2 Å². The fourth-order valence-electron chi connectivity index (χ4n) is 3.86. The van der Waals surface area contributed by atoms with E-state index < -0.39 is 7.26 Å². The van der Waals surface area contributed by atoms with Crippen LogP contribution in [-0.2, 0) is 0 Å². The van der Waals surface area contributed by atoms with Gasteiger partial charge in [-0.25, -0.2) is 0 Å². The molecule has 1 aliphatic heterocycles. The molecule has 0 aliphatic carbocycles. The van der Waals surface area contributed by atoms with Gasteiger partial charge in [0.15, 0.2) is 0 Å². The summed E-state index contributed by atoms with van der Waals surface area (Å²) in [4.78, 5) is 0. The molecule has 0 nitrogen and oxygen atoms in total. The fraction of sp³-hybridized carbons (Fsp3) is 0.143. The monoisotopic (exact) mass is 303 g/mol. The highest BCUT2D eigenvalue weighted by atomic mass is 31.2. The number of benzene rings is 3. The highest BCUT2D eigenvalue weighted by molar-refractivity contribution is 7.96. The summed E-state index contributed by atoms with van der Waals surface area (Å²) in [5, 5.41) is 4.61. The van der Waals surface area contributed by atoms with Crippen LogP contribution < -0.4 is 15.9 Å². The Morgan fingerprint density at radius 1 is 0.682 bits per heavy atom. The third-order valence-electron chi connectivity index (χ3n) is 4.82. The first-order chi connectivity index (χ1) is 10.8. The Balaban J connectivity index is 2.04. The van der Waals surface area contributed by atoms with Gasteiger partial charge in [-0.3, -0.25) is 0 Å². The molecule has 1 unspecified atom stereocenters. The van der Waals surface area contributed by atoms with Crippen LogP contribution in [0.5, 0.6) is 0 Å². The van der Waals surface area contributed by atoms with E-state index in [1.165, 1.54) is 16.8 Å². The Morgan fingerprint density at radius 3 is 1.77 bits per heavy atom. The molecule has 0 amide bonds. The Labute approximate surface area is 133 Å². The summed E-state index contributed by atoms with van der Waals surface area (Å²) < 4.78 is 0. The minimum absolute atomic E-state index is 0.630. The first-order valence-corrected chi connectivity index (χ1v) is 9.88. The van der Waals surface area contributed by atoms with Gasteiger partial charge in [-0.05, 0) is 30.3 Å². The third kappa shape index (κ3) is 1.95. The van der Waals surface area contributed by atoms with Crippen LogP contribution in [0.2, 0.25) is 0 Å². The third-order valence-corrected chi connectivity index (χ3v) is 9.51. The first kappa shape index (κ1) is 13.7. The summed E-state index contributed by atoms with van der Waals surface area (Å²) >= 11 is 0. The van der Waals surface area contributed by atoms with Crippen LogP contribution in [-0.4, -0.2) is 6.16 Å². The average molecular weight is 303 g/mol. The maximum atomic E-state index is 2.38. The van der Waals surface area contributed by atoms with E-state index in [0.717, 1.165) is 0 Å². The molecule has 0 bridgehead atoms. The van der Waals surface area contributed by atoms with Gasteiger partial charge in [-0.2, -0.15) is 0 Å². The zero-order chi connectivity index (χ0) is 15.0. The van der Waals surface area contributed by atoms with Crippen molar-refractivity contribution in [1.29, 1.82) is 0 Å². The van der Waals surface area contributed by atoms with Crippen LogP contribution in [0, 0.1) is 0 Å². The van der Waals surface area contributed by atoms with Gasteiger partial charge in [-0.15, -0.1) is 0 Å². The summed E-state index contributed by atoms with van der Waals surface area (Å²) in [6.07, 6.45) is 1.25. The van der Waals surface area contributed by atoms with Gasteiger partial charge in [0.05, 0.1) is 6.16 Å². The van der Waals surface area contributed by atoms with Crippen molar-refractivity contribution in [2.24, 2.45) is 0 Å². The van der Waals surface area contributed by atoms with E-state index in [1.807, 2.05) is 0 Å². The molecule has 0 N–H and O–H groups in total. The van der Waals surface area contributed by atoms with E-state index in [0.29, 0.717) is 5.92 Å². The number of fused-ring (bicyclic) bond motifs is 1. The Bertz CT molecular complexity index is 738. The predicted octanol–water partition coefficient (Wildman–Crippen LogP) is 4.10. The smallest absolute Gasteiger partial charge is 0.0620 e. The molecular formula is C21H20P+. The van der Waals surface area contributed by atoms with E-state index >= 15 is 0 Å². The molecule has 0 spiro atoms. The lowest BCUT2D eigenvalue weighted by molar-refractivity contribution is 0.898. The molecule has 0 saturated heterocycles. The highest BCUT2D eigenvalue weighted by Gasteiger charge is 2.52. The largest absolute Gasteiger partial charge is 0.113 e. The maximum absolute atomic E-state index is 2.38. The van der Waals surface area contributed by atoms with Crippen LogP contribution in [0.25, 0.3) is 0 Å². The van der Waals surface area contributed by atoms with E-state index in [2.05, 4.69) is 91.9 Å². The van der Waals surface area contributed by atoms with Crippen LogP contribution in [0.3, 0.4) is 0 Å². The highest BCUT2D eigenvalue weighted by Crippen LogP contribution is 2.62. The number of rotatable bonds is 2. The Hall–Kier alpha value is -1.91. The lowest BCUT2D eigenvalue weighted by Gasteiger charge is -2.23. The quantitative estimate of drug-likeness (QED) is 0.625. The maximum Gasteiger partial charge on any atom is 0.113 e. The Kier molecular flexibility index (Phi) is 3.36. The number of hydrogen-bond donors (Lipinski definition) is 0. The van der Waals surface area contributed by atoms with Gasteiger partial charge in [-0.1, -0.05) is 61.5 Å². The summed E-state index contributed by atoms with van der Waals surface area (Å²) in [6.45, 7) is 2.38. The molecule has 0 saturated carbocycles. The van der Waals surface area contributed by atoms with Gasteiger partial charge in [0.25, 0.3) is 0 Å². The minimum atomic E-state index is -1.50. The summed E-state index contributed by atoms with van der Waals surface area (Å²) in [7, 11) is -1.50. The molecule has 3 aromatic rings. The average Bonchev–Trinajstić information content (AvgIpc) is 2.91. The second-order valence-electron chi connectivity index (χ2n) is 6.12. The van der Waals surface area contributed by atoms with Gasteiger partial charge >= 0.3 is 0 Å². The zero-order valence-corrected chi connectivity index (χ0v) is 13.7. The molecular weight excluding hydrogens is 283 g/mol. The first-order valence-electron chi connectivity index (χ1n) is 7.91. The molecule has 1 heteroatoms. The molecule has 1 heterocycles. The molecule has 0 fully saturated rings. The zero-order valence-electron chi connectivity index (χ0n) is 12.8. The van der Waals surface area contributed by atoms with E-state index in [-0.39, 0.29) is 0 Å². The SMILES string of the molecule is CC1C[P+](c2ccccc2)(c2ccccc2)c2ccccc21. The lowest BCUT2D eigenvalue weighted by Crippen LogP contribution is -2.30. The molecule has 22 heavy (non-hydrogen) atoms. The topological polar surface area (TPSA) is 0 Å². The summed E-state index contributed by atoms with van der Waals surface area (Å²) in [5.41, 5.74) is 1.54. The van der Waals surface area contributed by atoms with Crippen LogP contribution in [0.1, 0.15) is 18.4 Å². The van der Waals surface area contributed by atoms with Crippen molar-refractivity contribution in [3.63, 3.8) is 0 Å². The van der Waals surface area contributed by atoms with Crippen molar-refractivity contribution >= 4 is 23.2 Å². The normalized spacial score (nSPS) is 18.9.